The molecule has 100 valence electrons. The van der Waals surface area contributed by atoms with Gasteiger partial charge in [0, 0.05) is 45.5 Å². The minimum absolute atomic E-state index is 0.0110. The fraction of sp³-hybridized carbons (Fsp3) is 0.667. The molecule has 0 radical (unpaired) electrons. The van der Waals surface area contributed by atoms with Crippen molar-refractivity contribution in [3.05, 3.63) is 12.3 Å². The van der Waals surface area contributed by atoms with E-state index in [4.69, 9.17) is 0 Å². The average molecular weight is 251 g/mol. The Morgan fingerprint density at radius 1 is 1.44 bits per heavy atom. The van der Waals surface area contributed by atoms with Crippen molar-refractivity contribution in [1.29, 1.82) is 0 Å². The lowest BCUT2D eigenvalue weighted by Gasteiger charge is -2.39. The van der Waals surface area contributed by atoms with E-state index in [9.17, 15) is 4.79 Å². The lowest BCUT2D eigenvalue weighted by molar-refractivity contribution is -0.126. The summed E-state index contributed by atoms with van der Waals surface area (Å²) in [6, 6.07) is 1.80. The van der Waals surface area contributed by atoms with E-state index in [0.717, 1.165) is 26.2 Å². The van der Waals surface area contributed by atoms with Crippen molar-refractivity contribution in [2.75, 3.05) is 31.5 Å². The molecule has 1 saturated heterocycles. The van der Waals surface area contributed by atoms with Gasteiger partial charge in [-0.15, -0.1) is 0 Å². The Morgan fingerprint density at radius 2 is 2.11 bits per heavy atom. The monoisotopic (exact) mass is 251 g/mol. The third-order valence-corrected chi connectivity index (χ3v) is 3.42. The molecule has 2 N–H and O–H groups in total. The molecule has 0 bridgehead atoms. The van der Waals surface area contributed by atoms with E-state index in [1.165, 1.54) is 0 Å². The van der Waals surface area contributed by atoms with Gasteiger partial charge in [-0.2, -0.15) is 5.10 Å². The van der Waals surface area contributed by atoms with E-state index >= 15 is 0 Å². The molecule has 0 saturated carbocycles. The van der Waals surface area contributed by atoms with Crippen molar-refractivity contribution < 1.29 is 4.79 Å². The Hall–Kier alpha value is -1.40. The van der Waals surface area contributed by atoms with Crippen LogP contribution in [-0.4, -0.2) is 52.3 Å². The maximum Gasteiger partial charge on any atom is 0.245 e. The number of nitrogens with zero attached hydrogens (tertiary/aromatic N) is 3. The number of amides is 1. The number of aryl methyl sites for hydroxylation is 1. The average Bonchev–Trinajstić information content (AvgIpc) is 2.76. The van der Waals surface area contributed by atoms with Crippen molar-refractivity contribution in [3.8, 4) is 0 Å². The standard InChI is InChI=1S/C12H21N5O/c1-12(2,17-8-5-13-6-9-17)11(18)14-10-4-7-16(3)15-10/h4,7,13H,5-6,8-9H2,1-3H3,(H,14,15,18). The summed E-state index contributed by atoms with van der Waals surface area (Å²) in [5.74, 6) is 0.591. The van der Waals surface area contributed by atoms with Crippen LogP contribution in [0.2, 0.25) is 0 Å². The molecule has 0 spiro atoms. The molecule has 1 aliphatic rings. The smallest absolute Gasteiger partial charge is 0.245 e. The normalized spacial score (nSPS) is 17.7. The molecule has 2 heterocycles. The number of carbonyl (C=O) groups excluding carboxylic acids is 1. The number of carbonyl (C=O) groups is 1. The minimum Gasteiger partial charge on any atom is -0.314 e. The summed E-state index contributed by atoms with van der Waals surface area (Å²) in [6.45, 7) is 7.55. The van der Waals surface area contributed by atoms with Crippen LogP contribution in [0.25, 0.3) is 0 Å². The Labute approximate surface area is 107 Å². The first-order valence-electron chi connectivity index (χ1n) is 6.27. The van der Waals surface area contributed by atoms with Crippen molar-refractivity contribution in [2.24, 2.45) is 7.05 Å². The molecule has 1 aliphatic heterocycles. The topological polar surface area (TPSA) is 62.2 Å². The van der Waals surface area contributed by atoms with E-state index in [1.807, 2.05) is 27.1 Å². The zero-order chi connectivity index (χ0) is 13.2. The predicted octanol–water partition coefficient (Wildman–Crippen LogP) is 0.0424. The zero-order valence-electron chi connectivity index (χ0n) is 11.2. The first-order chi connectivity index (χ1) is 8.50. The second-order valence-electron chi connectivity index (χ2n) is 5.12. The maximum absolute atomic E-state index is 12.3. The molecule has 6 nitrogen and oxygen atoms in total. The zero-order valence-corrected chi connectivity index (χ0v) is 11.2. The van der Waals surface area contributed by atoms with Gasteiger partial charge >= 0.3 is 0 Å². The number of hydrogen-bond donors (Lipinski definition) is 2. The molecule has 2 rings (SSSR count). The molecule has 0 unspecified atom stereocenters. The van der Waals surface area contributed by atoms with Crippen LogP contribution >= 0.6 is 0 Å². The number of rotatable bonds is 3. The first kappa shape index (κ1) is 13.0. The van der Waals surface area contributed by atoms with Gasteiger partial charge in [0.25, 0.3) is 0 Å². The largest absolute Gasteiger partial charge is 0.314 e. The van der Waals surface area contributed by atoms with Crippen LogP contribution < -0.4 is 10.6 Å². The highest BCUT2D eigenvalue weighted by molar-refractivity contribution is 5.96. The minimum atomic E-state index is -0.514. The maximum atomic E-state index is 12.3. The van der Waals surface area contributed by atoms with E-state index < -0.39 is 5.54 Å². The molecular weight excluding hydrogens is 230 g/mol. The van der Waals surface area contributed by atoms with E-state index in [1.54, 1.807) is 10.7 Å². The van der Waals surface area contributed by atoms with Gasteiger partial charge < -0.3 is 10.6 Å². The summed E-state index contributed by atoms with van der Waals surface area (Å²) in [4.78, 5) is 14.5. The van der Waals surface area contributed by atoms with Gasteiger partial charge in [0.05, 0.1) is 5.54 Å². The second-order valence-corrected chi connectivity index (χ2v) is 5.12. The highest BCUT2D eigenvalue weighted by Crippen LogP contribution is 2.17. The third kappa shape index (κ3) is 2.70. The highest BCUT2D eigenvalue weighted by atomic mass is 16.2. The highest BCUT2D eigenvalue weighted by Gasteiger charge is 2.35. The Balaban J connectivity index is 2.02. The van der Waals surface area contributed by atoms with Gasteiger partial charge in [0.2, 0.25) is 5.91 Å². The number of hydrogen-bond acceptors (Lipinski definition) is 4. The van der Waals surface area contributed by atoms with Crippen molar-refractivity contribution >= 4 is 11.7 Å². The van der Waals surface area contributed by atoms with Gasteiger partial charge in [0.15, 0.2) is 5.82 Å². The Morgan fingerprint density at radius 3 is 2.67 bits per heavy atom. The Kier molecular flexibility index (Phi) is 3.68. The first-order valence-corrected chi connectivity index (χ1v) is 6.27. The van der Waals surface area contributed by atoms with Crippen LogP contribution in [0, 0.1) is 0 Å². The number of anilines is 1. The molecule has 1 aromatic heterocycles. The summed E-state index contributed by atoms with van der Waals surface area (Å²) >= 11 is 0. The number of aromatic nitrogens is 2. The lowest BCUT2D eigenvalue weighted by Crippen LogP contribution is -2.58. The quantitative estimate of drug-likeness (QED) is 0.796. The van der Waals surface area contributed by atoms with Gasteiger partial charge in [-0.3, -0.25) is 14.4 Å². The van der Waals surface area contributed by atoms with E-state index in [-0.39, 0.29) is 5.91 Å². The summed E-state index contributed by atoms with van der Waals surface area (Å²) < 4.78 is 1.67. The summed E-state index contributed by atoms with van der Waals surface area (Å²) in [6.07, 6.45) is 1.81. The van der Waals surface area contributed by atoms with Gasteiger partial charge in [-0.1, -0.05) is 0 Å². The molecule has 18 heavy (non-hydrogen) atoms. The second kappa shape index (κ2) is 5.07. The van der Waals surface area contributed by atoms with Crippen LogP contribution in [0.15, 0.2) is 12.3 Å². The van der Waals surface area contributed by atoms with E-state index in [0.29, 0.717) is 5.82 Å². The van der Waals surface area contributed by atoms with Crippen LogP contribution in [0.1, 0.15) is 13.8 Å². The fourth-order valence-electron chi connectivity index (χ4n) is 2.12. The molecule has 1 fully saturated rings. The SMILES string of the molecule is Cn1ccc(NC(=O)C(C)(C)N2CCNCC2)n1. The number of nitrogens with one attached hydrogen (secondary N) is 2. The third-order valence-electron chi connectivity index (χ3n) is 3.42. The summed E-state index contributed by atoms with van der Waals surface area (Å²) in [5.41, 5.74) is -0.514. The van der Waals surface area contributed by atoms with Crippen LogP contribution in [0.3, 0.4) is 0 Å². The van der Waals surface area contributed by atoms with Crippen LogP contribution in [-0.2, 0) is 11.8 Å². The molecular formula is C12H21N5O. The lowest BCUT2D eigenvalue weighted by atomic mass is 10.0. The molecule has 0 atom stereocenters. The fourth-order valence-corrected chi connectivity index (χ4v) is 2.12. The van der Waals surface area contributed by atoms with Crippen LogP contribution in [0.4, 0.5) is 5.82 Å². The molecule has 0 aromatic carbocycles. The van der Waals surface area contributed by atoms with Gasteiger partial charge in [0.1, 0.15) is 0 Å². The van der Waals surface area contributed by atoms with Gasteiger partial charge in [-0.25, -0.2) is 0 Å². The predicted molar refractivity (Wildman–Crippen MR) is 70.4 cm³/mol. The molecule has 1 amide bonds. The Bertz CT molecular complexity index is 420. The number of piperazine rings is 1. The van der Waals surface area contributed by atoms with E-state index in [2.05, 4.69) is 20.6 Å². The summed E-state index contributed by atoms with van der Waals surface area (Å²) in [7, 11) is 1.83. The molecule has 0 aliphatic carbocycles. The van der Waals surface area contributed by atoms with Crippen molar-refractivity contribution in [3.63, 3.8) is 0 Å². The summed E-state index contributed by atoms with van der Waals surface area (Å²) in [5, 5.41) is 10.3. The molecule has 1 aromatic rings. The van der Waals surface area contributed by atoms with Crippen molar-refractivity contribution in [2.45, 2.75) is 19.4 Å². The van der Waals surface area contributed by atoms with Gasteiger partial charge in [-0.05, 0) is 13.8 Å². The molecule has 6 heteroatoms. The van der Waals surface area contributed by atoms with Crippen LogP contribution in [0.5, 0.6) is 0 Å². The van der Waals surface area contributed by atoms with Crippen molar-refractivity contribution in [1.82, 2.24) is 20.0 Å².